The number of ketones is 1. The van der Waals surface area contributed by atoms with Crippen LogP contribution in [-0.4, -0.2) is 17.0 Å². The molecule has 0 aromatic heterocycles. The molecular weight excluding hydrogens is 188 g/mol. The van der Waals surface area contributed by atoms with Crippen molar-refractivity contribution >= 4 is 5.78 Å². The van der Waals surface area contributed by atoms with Gasteiger partial charge in [-0.1, -0.05) is 40.5 Å². The fraction of sp³-hybridized carbons (Fsp3) is 0.923. The third kappa shape index (κ3) is 2.25. The minimum Gasteiger partial charge on any atom is -0.392 e. The van der Waals surface area contributed by atoms with Crippen LogP contribution in [0.4, 0.5) is 0 Å². The lowest BCUT2D eigenvalue weighted by Crippen LogP contribution is -2.48. The second-order valence-corrected chi connectivity index (χ2v) is 5.75. The van der Waals surface area contributed by atoms with Gasteiger partial charge in [0.05, 0.1) is 11.5 Å². The minimum absolute atomic E-state index is 0.240. The summed E-state index contributed by atoms with van der Waals surface area (Å²) >= 11 is 0. The van der Waals surface area contributed by atoms with Gasteiger partial charge in [-0.25, -0.2) is 0 Å². The van der Waals surface area contributed by atoms with E-state index >= 15 is 0 Å². The molecule has 1 fully saturated rings. The van der Waals surface area contributed by atoms with E-state index in [2.05, 4.69) is 0 Å². The fourth-order valence-corrected chi connectivity index (χ4v) is 2.51. The van der Waals surface area contributed by atoms with Gasteiger partial charge in [0.2, 0.25) is 0 Å². The molecule has 0 spiro atoms. The first-order valence-corrected chi connectivity index (χ1v) is 6.07. The number of aliphatic hydroxyl groups is 1. The molecule has 2 atom stereocenters. The van der Waals surface area contributed by atoms with Crippen molar-refractivity contribution in [3.63, 3.8) is 0 Å². The lowest BCUT2D eigenvalue weighted by molar-refractivity contribution is -0.146. The van der Waals surface area contributed by atoms with E-state index in [1.165, 1.54) is 0 Å². The van der Waals surface area contributed by atoms with E-state index in [0.29, 0.717) is 0 Å². The molecule has 15 heavy (non-hydrogen) atoms. The van der Waals surface area contributed by atoms with Crippen molar-refractivity contribution in [3.05, 3.63) is 0 Å². The number of aliphatic hydroxyl groups excluding tert-OH is 1. The second-order valence-electron chi connectivity index (χ2n) is 5.75. The van der Waals surface area contributed by atoms with Gasteiger partial charge in [0.15, 0.2) is 0 Å². The van der Waals surface area contributed by atoms with Gasteiger partial charge in [0.1, 0.15) is 5.78 Å². The van der Waals surface area contributed by atoms with Crippen molar-refractivity contribution in [1.82, 2.24) is 0 Å². The Hall–Kier alpha value is -0.370. The molecule has 1 aliphatic rings. The highest BCUT2D eigenvalue weighted by Gasteiger charge is 2.46. The molecule has 0 aromatic rings. The molecule has 0 heterocycles. The Morgan fingerprint density at radius 1 is 1.47 bits per heavy atom. The molecule has 1 N–H and O–H groups in total. The van der Waals surface area contributed by atoms with Gasteiger partial charge in [0, 0.05) is 5.41 Å². The highest BCUT2D eigenvalue weighted by molar-refractivity contribution is 5.90. The summed E-state index contributed by atoms with van der Waals surface area (Å²) in [7, 11) is 0. The summed E-state index contributed by atoms with van der Waals surface area (Å²) in [4.78, 5) is 12.4. The molecule has 2 heteroatoms. The Kier molecular flexibility index (Phi) is 3.59. The zero-order chi connectivity index (χ0) is 11.7. The van der Waals surface area contributed by atoms with Crippen LogP contribution in [0.5, 0.6) is 0 Å². The highest BCUT2D eigenvalue weighted by atomic mass is 16.3. The van der Waals surface area contributed by atoms with Gasteiger partial charge in [-0.2, -0.15) is 0 Å². The lowest BCUT2D eigenvalue weighted by atomic mass is 9.63. The van der Waals surface area contributed by atoms with Crippen molar-refractivity contribution < 1.29 is 9.90 Å². The molecule has 1 aliphatic carbocycles. The Morgan fingerprint density at radius 2 is 2.07 bits per heavy atom. The Bertz CT molecular complexity index is 245. The summed E-state index contributed by atoms with van der Waals surface area (Å²) in [5.41, 5.74) is -0.801. The van der Waals surface area contributed by atoms with Crippen LogP contribution in [0.25, 0.3) is 0 Å². The minimum atomic E-state index is -0.502. The molecular formula is C13H24O2. The SMILES string of the molecule is CCC(C)(C)C(=O)C1(C)CCCCC1O. The monoisotopic (exact) mass is 212 g/mol. The Labute approximate surface area is 93.1 Å². The molecule has 1 rings (SSSR count). The normalized spacial score (nSPS) is 32.7. The van der Waals surface area contributed by atoms with Gasteiger partial charge in [-0.15, -0.1) is 0 Å². The molecule has 0 saturated heterocycles. The van der Waals surface area contributed by atoms with Gasteiger partial charge in [0.25, 0.3) is 0 Å². The van der Waals surface area contributed by atoms with Crippen molar-refractivity contribution in [3.8, 4) is 0 Å². The van der Waals surface area contributed by atoms with E-state index in [-0.39, 0.29) is 11.2 Å². The average Bonchev–Trinajstić information content (AvgIpc) is 2.21. The number of hydrogen-bond acceptors (Lipinski definition) is 2. The molecule has 2 nitrogen and oxygen atoms in total. The van der Waals surface area contributed by atoms with Crippen LogP contribution in [0, 0.1) is 10.8 Å². The maximum absolute atomic E-state index is 12.4. The number of carbonyl (C=O) groups excluding carboxylic acids is 1. The van der Waals surface area contributed by atoms with Crippen LogP contribution in [0.15, 0.2) is 0 Å². The molecule has 1 saturated carbocycles. The van der Waals surface area contributed by atoms with E-state index in [1.807, 2.05) is 27.7 Å². The molecule has 0 bridgehead atoms. The predicted molar refractivity (Wildman–Crippen MR) is 61.7 cm³/mol. The first-order valence-electron chi connectivity index (χ1n) is 6.07. The van der Waals surface area contributed by atoms with E-state index in [1.54, 1.807) is 0 Å². The van der Waals surface area contributed by atoms with Crippen molar-refractivity contribution in [2.45, 2.75) is 65.9 Å². The van der Waals surface area contributed by atoms with Crippen LogP contribution in [-0.2, 0) is 4.79 Å². The lowest BCUT2D eigenvalue weighted by Gasteiger charge is -2.41. The quantitative estimate of drug-likeness (QED) is 0.781. The van der Waals surface area contributed by atoms with E-state index in [4.69, 9.17) is 0 Å². The number of carbonyl (C=O) groups is 1. The van der Waals surface area contributed by atoms with Gasteiger partial charge < -0.3 is 5.11 Å². The third-order valence-corrected chi connectivity index (χ3v) is 4.18. The first kappa shape index (κ1) is 12.7. The number of Topliss-reactive ketones (excluding diaryl/α,β-unsaturated/α-hetero) is 1. The smallest absolute Gasteiger partial charge is 0.146 e. The summed E-state index contributed by atoms with van der Waals surface area (Å²) in [6.45, 7) is 7.96. The molecule has 0 radical (unpaired) electrons. The zero-order valence-corrected chi connectivity index (χ0v) is 10.5. The fourth-order valence-electron chi connectivity index (χ4n) is 2.51. The molecule has 2 unspecified atom stereocenters. The molecule has 88 valence electrons. The maximum atomic E-state index is 12.4. The Balaban J connectivity index is 2.89. The Morgan fingerprint density at radius 3 is 2.53 bits per heavy atom. The molecule has 0 amide bonds. The van der Waals surface area contributed by atoms with E-state index < -0.39 is 11.5 Å². The standard InChI is InChI=1S/C13H24O2/c1-5-12(2,3)11(15)13(4)9-7-6-8-10(13)14/h10,14H,5-9H2,1-4H3. The average molecular weight is 212 g/mol. The number of hydrogen-bond donors (Lipinski definition) is 1. The van der Waals surface area contributed by atoms with E-state index in [0.717, 1.165) is 32.1 Å². The topological polar surface area (TPSA) is 37.3 Å². The number of rotatable bonds is 3. The van der Waals surface area contributed by atoms with Gasteiger partial charge >= 0.3 is 0 Å². The second kappa shape index (κ2) is 4.25. The van der Waals surface area contributed by atoms with Crippen LogP contribution in [0.3, 0.4) is 0 Å². The van der Waals surface area contributed by atoms with Gasteiger partial charge in [-0.05, 0) is 19.3 Å². The predicted octanol–water partition coefficient (Wildman–Crippen LogP) is 2.93. The third-order valence-electron chi connectivity index (χ3n) is 4.18. The van der Waals surface area contributed by atoms with E-state index in [9.17, 15) is 9.90 Å². The largest absolute Gasteiger partial charge is 0.392 e. The highest BCUT2D eigenvalue weighted by Crippen LogP contribution is 2.42. The van der Waals surface area contributed by atoms with Crippen molar-refractivity contribution in [1.29, 1.82) is 0 Å². The molecule has 0 aliphatic heterocycles. The zero-order valence-electron chi connectivity index (χ0n) is 10.5. The maximum Gasteiger partial charge on any atom is 0.146 e. The van der Waals surface area contributed by atoms with Crippen LogP contribution in [0.2, 0.25) is 0 Å². The van der Waals surface area contributed by atoms with Crippen LogP contribution >= 0.6 is 0 Å². The molecule has 0 aromatic carbocycles. The van der Waals surface area contributed by atoms with Crippen molar-refractivity contribution in [2.24, 2.45) is 10.8 Å². The van der Waals surface area contributed by atoms with Gasteiger partial charge in [-0.3, -0.25) is 4.79 Å². The summed E-state index contributed by atoms with van der Waals surface area (Å²) in [5.74, 6) is 0.240. The van der Waals surface area contributed by atoms with Crippen LogP contribution in [0.1, 0.15) is 59.8 Å². The first-order chi connectivity index (χ1) is 6.84. The summed E-state index contributed by atoms with van der Waals surface area (Å²) in [5, 5.41) is 10.0. The van der Waals surface area contributed by atoms with Crippen molar-refractivity contribution in [2.75, 3.05) is 0 Å². The summed E-state index contributed by atoms with van der Waals surface area (Å²) < 4.78 is 0. The van der Waals surface area contributed by atoms with Crippen LogP contribution < -0.4 is 0 Å². The summed E-state index contributed by atoms with van der Waals surface area (Å²) in [6, 6.07) is 0. The summed E-state index contributed by atoms with van der Waals surface area (Å²) in [6.07, 6.45) is 4.15.